The summed E-state index contributed by atoms with van der Waals surface area (Å²) >= 11 is 4.43. The van der Waals surface area contributed by atoms with E-state index >= 15 is 0 Å². The molecule has 0 atom stereocenters. The Labute approximate surface area is 209 Å². The van der Waals surface area contributed by atoms with Crippen LogP contribution in [0.1, 0.15) is 23.6 Å². The third kappa shape index (κ3) is 6.55. The Morgan fingerprint density at radius 2 is 1.68 bits per heavy atom. The summed E-state index contributed by atoms with van der Waals surface area (Å²) in [6.45, 7) is 2.55. The van der Waals surface area contributed by atoms with E-state index < -0.39 is 5.91 Å². The molecule has 3 rings (SSSR count). The van der Waals surface area contributed by atoms with Gasteiger partial charge in [0, 0.05) is 5.69 Å². The number of nitrogens with zero attached hydrogens (tertiary/aromatic N) is 1. The zero-order chi connectivity index (χ0) is 22.2. The molecule has 3 aromatic carbocycles. The predicted octanol–water partition coefficient (Wildman–Crippen LogP) is 6.58. The number of carbonyl (C=O) groups excluding carboxylic acids is 1. The van der Waals surface area contributed by atoms with E-state index in [1.54, 1.807) is 6.08 Å². The average molecular weight is 634 g/mol. The number of hydrogen-bond acceptors (Lipinski definition) is 3. The van der Waals surface area contributed by atoms with Crippen molar-refractivity contribution in [3.8, 4) is 11.8 Å². The van der Waals surface area contributed by atoms with Crippen LogP contribution < -0.4 is 10.1 Å². The molecule has 0 unspecified atom stereocenters. The van der Waals surface area contributed by atoms with Gasteiger partial charge in [0.15, 0.2) is 0 Å². The van der Waals surface area contributed by atoms with Gasteiger partial charge in [0.05, 0.1) is 7.14 Å². The quantitative estimate of drug-likeness (QED) is 0.182. The first-order chi connectivity index (χ1) is 15.0. The molecule has 4 nitrogen and oxygen atoms in total. The van der Waals surface area contributed by atoms with Crippen LogP contribution in [0.4, 0.5) is 5.69 Å². The Hall–Kier alpha value is -2.38. The van der Waals surface area contributed by atoms with Gasteiger partial charge in [-0.1, -0.05) is 49.4 Å². The topological polar surface area (TPSA) is 62.1 Å². The molecule has 0 saturated carbocycles. The average Bonchev–Trinajstić information content (AvgIpc) is 2.78. The number of aryl methyl sites for hydroxylation is 1. The van der Waals surface area contributed by atoms with Gasteiger partial charge >= 0.3 is 0 Å². The molecule has 0 bridgehead atoms. The highest BCUT2D eigenvalue weighted by atomic mass is 127. The summed E-state index contributed by atoms with van der Waals surface area (Å²) in [5.74, 6) is 0.363. The van der Waals surface area contributed by atoms with Crippen molar-refractivity contribution in [2.75, 3.05) is 5.32 Å². The Bertz CT molecular complexity index is 1110. The summed E-state index contributed by atoms with van der Waals surface area (Å²) in [6, 6.07) is 23.4. The zero-order valence-electron chi connectivity index (χ0n) is 16.9. The first-order valence-electron chi connectivity index (χ1n) is 9.68. The lowest BCUT2D eigenvalue weighted by Gasteiger charge is -2.12. The van der Waals surface area contributed by atoms with Gasteiger partial charge in [0.25, 0.3) is 5.91 Å². The first kappa shape index (κ1) is 23.3. The van der Waals surface area contributed by atoms with E-state index in [0.717, 1.165) is 30.4 Å². The smallest absolute Gasteiger partial charge is 0.266 e. The van der Waals surface area contributed by atoms with Gasteiger partial charge < -0.3 is 10.1 Å². The number of halogens is 2. The van der Waals surface area contributed by atoms with Crippen molar-refractivity contribution < 1.29 is 9.53 Å². The van der Waals surface area contributed by atoms with Crippen LogP contribution in [0.3, 0.4) is 0 Å². The Balaban J connectivity index is 1.75. The molecule has 0 aliphatic heterocycles. The fourth-order valence-corrected chi connectivity index (χ4v) is 5.00. The highest BCUT2D eigenvalue weighted by molar-refractivity contribution is 14.1. The molecule has 0 aliphatic rings. The summed E-state index contributed by atoms with van der Waals surface area (Å²) in [4.78, 5) is 12.6. The van der Waals surface area contributed by atoms with Crippen molar-refractivity contribution >= 4 is 62.9 Å². The molecule has 1 N–H and O–H groups in total. The Morgan fingerprint density at radius 1 is 1.03 bits per heavy atom. The Morgan fingerprint density at radius 3 is 2.26 bits per heavy atom. The third-order valence-electron chi connectivity index (χ3n) is 4.54. The maximum atomic E-state index is 12.6. The summed E-state index contributed by atoms with van der Waals surface area (Å²) in [6.07, 6.45) is 2.53. The van der Waals surface area contributed by atoms with Gasteiger partial charge in [-0.15, -0.1) is 0 Å². The normalized spacial score (nSPS) is 11.0. The second-order valence-corrected chi connectivity index (χ2v) is 9.09. The SMILES string of the molecule is CCc1ccc(NC(=O)/C(C#N)=C/c2cc(I)c(OCc3ccccc3)c(I)c2)cc1. The monoisotopic (exact) mass is 634 g/mol. The van der Waals surface area contributed by atoms with Crippen LogP contribution in [0.5, 0.6) is 5.75 Å². The molecule has 6 heteroatoms. The van der Waals surface area contributed by atoms with Crippen LogP contribution in [0.25, 0.3) is 6.08 Å². The number of nitrogens with one attached hydrogen (secondary N) is 1. The fourth-order valence-electron chi connectivity index (χ4n) is 2.87. The van der Waals surface area contributed by atoms with Gasteiger partial charge in [-0.2, -0.15) is 5.26 Å². The number of nitriles is 1. The first-order valence-corrected chi connectivity index (χ1v) is 11.8. The maximum absolute atomic E-state index is 12.6. The Kier molecular flexibility index (Phi) is 8.49. The summed E-state index contributed by atoms with van der Waals surface area (Å²) < 4.78 is 7.84. The van der Waals surface area contributed by atoms with Crippen molar-refractivity contribution in [3.63, 3.8) is 0 Å². The maximum Gasteiger partial charge on any atom is 0.266 e. The standard InChI is InChI=1S/C25H20I2N2O2/c1-2-17-8-10-21(11-9-17)29-25(30)20(15-28)12-19-13-22(26)24(23(27)14-19)31-16-18-6-4-3-5-7-18/h3-14H,2,16H2,1H3,(H,29,30)/b20-12+. The number of amides is 1. The third-order valence-corrected chi connectivity index (χ3v) is 6.15. The molecule has 1 amide bonds. The summed E-state index contributed by atoms with van der Waals surface area (Å²) in [7, 11) is 0. The van der Waals surface area contributed by atoms with Crippen LogP contribution in [0, 0.1) is 18.5 Å². The fraction of sp³-hybridized carbons (Fsp3) is 0.120. The summed E-state index contributed by atoms with van der Waals surface area (Å²) in [5, 5.41) is 12.3. The number of hydrogen-bond donors (Lipinski definition) is 1. The second kappa shape index (κ2) is 11.3. The molecule has 3 aromatic rings. The van der Waals surface area contributed by atoms with E-state index in [2.05, 4.69) is 57.4 Å². The lowest BCUT2D eigenvalue weighted by atomic mass is 10.1. The molecule has 31 heavy (non-hydrogen) atoms. The molecule has 0 fully saturated rings. The van der Waals surface area contributed by atoms with Crippen molar-refractivity contribution in [3.05, 3.63) is 96.1 Å². The van der Waals surface area contributed by atoms with Gasteiger partial charge in [-0.05, 0) is 98.6 Å². The number of anilines is 1. The van der Waals surface area contributed by atoms with Crippen LogP contribution in [0.2, 0.25) is 0 Å². The van der Waals surface area contributed by atoms with Gasteiger partial charge in [-0.3, -0.25) is 4.79 Å². The molecule has 0 spiro atoms. The van der Waals surface area contributed by atoms with E-state index in [0.29, 0.717) is 12.3 Å². The van der Waals surface area contributed by atoms with Crippen molar-refractivity contribution in [2.24, 2.45) is 0 Å². The predicted molar refractivity (Wildman–Crippen MR) is 141 cm³/mol. The van der Waals surface area contributed by atoms with Crippen molar-refractivity contribution in [1.29, 1.82) is 5.26 Å². The highest BCUT2D eigenvalue weighted by Gasteiger charge is 2.13. The summed E-state index contributed by atoms with van der Waals surface area (Å²) in [5.41, 5.74) is 3.76. The van der Waals surface area contributed by atoms with E-state index in [-0.39, 0.29) is 5.57 Å². The van der Waals surface area contributed by atoms with Crippen molar-refractivity contribution in [2.45, 2.75) is 20.0 Å². The molecule has 0 saturated heterocycles. The number of ether oxygens (including phenoxy) is 1. The lowest BCUT2D eigenvalue weighted by Crippen LogP contribution is -2.13. The highest BCUT2D eigenvalue weighted by Crippen LogP contribution is 2.30. The van der Waals surface area contributed by atoms with Crippen molar-refractivity contribution in [1.82, 2.24) is 0 Å². The second-order valence-electron chi connectivity index (χ2n) is 6.76. The largest absolute Gasteiger partial charge is 0.487 e. The minimum atomic E-state index is -0.429. The molecular weight excluding hydrogens is 614 g/mol. The number of benzene rings is 3. The van der Waals surface area contributed by atoms with Crippen LogP contribution in [-0.2, 0) is 17.8 Å². The van der Waals surface area contributed by atoms with Crippen LogP contribution >= 0.6 is 45.2 Å². The van der Waals surface area contributed by atoms with E-state index in [9.17, 15) is 10.1 Å². The lowest BCUT2D eigenvalue weighted by molar-refractivity contribution is -0.112. The molecule has 156 valence electrons. The van der Waals surface area contributed by atoms with Gasteiger partial charge in [-0.25, -0.2) is 0 Å². The molecule has 0 radical (unpaired) electrons. The van der Waals surface area contributed by atoms with Gasteiger partial charge in [0.2, 0.25) is 0 Å². The van der Waals surface area contributed by atoms with Crippen LogP contribution in [-0.4, -0.2) is 5.91 Å². The number of rotatable bonds is 7. The minimum Gasteiger partial charge on any atom is -0.487 e. The van der Waals surface area contributed by atoms with E-state index in [1.807, 2.05) is 72.8 Å². The zero-order valence-corrected chi connectivity index (χ0v) is 21.2. The minimum absolute atomic E-state index is 0.0455. The van der Waals surface area contributed by atoms with E-state index in [1.165, 1.54) is 5.56 Å². The molecule has 0 heterocycles. The molecular formula is C25H20I2N2O2. The molecule has 0 aromatic heterocycles. The van der Waals surface area contributed by atoms with Gasteiger partial charge in [0.1, 0.15) is 24.0 Å². The van der Waals surface area contributed by atoms with E-state index in [4.69, 9.17) is 4.74 Å². The number of carbonyl (C=O) groups is 1. The molecule has 0 aliphatic carbocycles. The van der Waals surface area contributed by atoms with Crippen LogP contribution in [0.15, 0.2) is 72.3 Å².